The second kappa shape index (κ2) is 6.35. The Bertz CT molecular complexity index is 356. The fraction of sp³-hybridized carbons (Fsp3) is 0.625. The zero-order valence-electron chi connectivity index (χ0n) is 12.4. The van der Waals surface area contributed by atoms with Crippen LogP contribution in [-0.2, 0) is 6.42 Å². The summed E-state index contributed by atoms with van der Waals surface area (Å²) in [6.45, 7) is 9.41. The van der Waals surface area contributed by atoms with E-state index in [-0.39, 0.29) is 5.54 Å². The average Bonchev–Trinajstić information content (AvgIpc) is 2.38. The highest BCUT2D eigenvalue weighted by molar-refractivity contribution is 5.24. The van der Waals surface area contributed by atoms with Crippen molar-refractivity contribution in [1.29, 1.82) is 0 Å². The van der Waals surface area contributed by atoms with Crippen LogP contribution in [0.25, 0.3) is 0 Å². The molecule has 0 amide bonds. The Kier molecular flexibility index (Phi) is 5.36. The van der Waals surface area contributed by atoms with E-state index in [1.54, 1.807) is 0 Å². The Morgan fingerprint density at radius 1 is 1.17 bits per heavy atom. The molecule has 0 spiro atoms. The number of hydrogen-bond donors (Lipinski definition) is 1. The Labute approximate surface area is 112 Å². The lowest BCUT2D eigenvalue weighted by atomic mass is 9.98. The van der Waals surface area contributed by atoms with Gasteiger partial charge < -0.3 is 5.11 Å². The molecule has 0 radical (unpaired) electrons. The highest BCUT2D eigenvalue weighted by Gasteiger charge is 2.23. The molecule has 1 aromatic rings. The van der Waals surface area contributed by atoms with Crippen LogP contribution in [0.3, 0.4) is 0 Å². The highest BCUT2D eigenvalue weighted by Crippen LogP contribution is 2.21. The summed E-state index contributed by atoms with van der Waals surface area (Å²) in [7, 11) is 2.08. The molecule has 0 aliphatic carbocycles. The number of hydrogen-bond acceptors (Lipinski definition) is 2. The second-order valence-corrected chi connectivity index (χ2v) is 5.66. The van der Waals surface area contributed by atoms with Gasteiger partial charge in [0.05, 0.1) is 6.10 Å². The molecule has 0 fully saturated rings. The number of aryl methyl sites for hydroxylation is 1. The van der Waals surface area contributed by atoms with Crippen molar-refractivity contribution >= 4 is 0 Å². The lowest BCUT2D eigenvalue weighted by molar-refractivity contribution is 0.0686. The first-order chi connectivity index (χ1) is 8.40. The molecule has 18 heavy (non-hydrogen) atoms. The minimum atomic E-state index is -0.410. The molecule has 0 aliphatic heterocycles. The van der Waals surface area contributed by atoms with Gasteiger partial charge in [0.2, 0.25) is 0 Å². The van der Waals surface area contributed by atoms with Crippen molar-refractivity contribution in [3.8, 4) is 0 Å². The van der Waals surface area contributed by atoms with Crippen LogP contribution in [0.15, 0.2) is 24.3 Å². The fourth-order valence-electron chi connectivity index (χ4n) is 1.86. The van der Waals surface area contributed by atoms with Crippen LogP contribution in [0, 0.1) is 0 Å². The van der Waals surface area contributed by atoms with Crippen LogP contribution in [0.1, 0.15) is 51.3 Å². The monoisotopic (exact) mass is 249 g/mol. The molecule has 1 N–H and O–H groups in total. The molecule has 2 nitrogen and oxygen atoms in total. The van der Waals surface area contributed by atoms with E-state index in [4.69, 9.17) is 0 Å². The molecule has 0 aliphatic rings. The van der Waals surface area contributed by atoms with Crippen LogP contribution in [0.5, 0.6) is 0 Å². The fourth-order valence-corrected chi connectivity index (χ4v) is 1.86. The predicted molar refractivity (Wildman–Crippen MR) is 77.8 cm³/mol. The summed E-state index contributed by atoms with van der Waals surface area (Å²) in [5.41, 5.74) is 2.45. The third-order valence-electron chi connectivity index (χ3n) is 4.12. The molecule has 1 unspecified atom stereocenters. The van der Waals surface area contributed by atoms with Gasteiger partial charge in [-0.15, -0.1) is 0 Å². The van der Waals surface area contributed by atoms with Gasteiger partial charge in [-0.1, -0.05) is 38.1 Å². The van der Waals surface area contributed by atoms with Crippen molar-refractivity contribution in [2.45, 2.75) is 52.2 Å². The smallest absolute Gasteiger partial charge is 0.0917 e. The van der Waals surface area contributed by atoms with E-state index in [2.05, 4.69) is 51.8 Å². The van der Waals surface area contributed by atoms with E-state index in [9.17, 15) is 5.11 Å². The van der Waals surface area contributed by atoms with Crippen LogP contribution in [-0.4, -0.2) is 29.1 Å². The SMILES string of the molecule is CCc1ccc(C(O)CN(C)C(C)(C)CC)cc1. The van der Waals surface area contributed by atoms with E-state index >= 15 is 0 Å². The number of likely N-dealkylation sites (N-methyl/N-ethyl adjacent to an activating group) is 1. The number of aliphatic hydroxyl groups is 1. The highest BCUT2D eigenvalue weighted by atomic mass is 16.3. The maximum absolute atomic E-state index is 10.3. The van der Waals surface area contributed by atoms with Gasteiger partial charge in [-0.25, -0.2) is 0 Å². The molecule has 0 saturated heterocycles. The zero-order valence-corrected chi connectivity index (χ0v) is 12.4. The minimum absolute atomic E-state index is 0.129. The van der Waals surface area contributed by atoms with E-state index in [1.165, 1.54) is 5.56 Å². The summed E-state index contributed by atoms with van der Waals surface area (Å²) in [6, 6.07) is 8.28. The predicted octanol–water partition coefficient (Wildman–Crippen LogP) is 3.40. The van der Waals surface area contributed by atoms with Gasteiger partial charge >= 0.3 is 0 Å². The molecule has 1 aromatic carbocycles. The molecule has 1 atom stereocenters. The summed E-state index contributed by atoms with van der Waals surface area (Å²) < 4.78 is 0. The van der Waals surface area contributed by atoms with Crippen molar-refractivity contribution in [2.24, 2.45) is 0 Å². The molecule has 0 bridgehead atoms. The van der Waals surface area contributed by atoms with Crippen LogP contribution >= 0.6 is 0 Å². The largest absolute Gasteiger partial charge is 0.387 e. The van der Waals surface area contributed by atoms with Crippen LogP contribution in [0.4, 0.5) is 0 Å². The lowest BCUT2D eigenvalue weighted by Crippen LogP contribution is -2.42. The lowest BCUT2D eigenvalue weighted by Gasteiger charge is -2.36. The van der Waals surface area contributed by atoms with Crippen molar-refractivity contribution in [1.82, 2.24) is 4.90 Å². The van der Waals surface area contributed by atoms with Gasteiger partial charge in [-0.05, 0) is 44.9 Å². The van der Waals surface area contributed by atoms with Gasteiger partial charge in [0, 0.05) is 12.1 Å². The average molecular weight is 249 g/mol. The van der Waals surface area contributed by atoms with E-state index in [1.807, 2.05) is 12.1 Å². The molecule has 0 saturated carbocycles. The second-order valence-electron chi connectivity index (χ2n) is 5.66. The summed E-state index contributed by atoms with van der Waals surface area (Å²) in [5.74, 6) is 0. The maximum Gasteiger partial charge on any atom is 0.0917 e. The molecule has 2 heteroatoms. The van der Waals surface area contributed by atoms with Crippen LogP contribution in [0.2, 0.25) is 0 Å². The van der Waals surface area contributed by atoms with Gasteiger partial charge in [0.25, 0.3) is 0 Å². The zero-order chi connectivity index (χ0) is 13.8. The van der Waals surface area contributed by atoms with E-state index in [0.29, 0.717) is 6.54 Å². The summed E-state index contributed by atoms with van der Waals surface area (Å²) in [6.07, 6.45) is 1.70. The molecule has 0 aromatic heterocycles. The third kappa shape index (κ3) is 3.82. The summed E-state index contributed by atoms with van der Waals surface area (Å²) in [5, 5.41) is 10.3. The number of nitrogens with zero attached hydrogens (tertiary/aromatic N) is 1. The van der Waals surface area contributed by atoms with Gasteiger partial charge in [0.1, 0.15) is 0 Å². The molecular weight excluding hydrogens is 222 g/mol. The maximum atomic E-state index is 10.3. The molecule has 102 valence electrons. The van der Waals surface area contributed by atoms with E-state index in [0.717, 1.165) is 18.4 Å². The first kappa shape index (κ1) is 15.2. The van der Waals surface area contributed by atoms with E-state index < -0.39 is 6.10 Å². The number of benzene rings is 1. The quantitative estimate of drug-likeness (QED) is 0.835. The van der Waals surface area contributed by atoms with Gasteiger partial charge in [-0.2, -0.15) is 0 Å². The number of aliphatic hydroxyl groups excluding tert-OH is 1. The molecular formula is C16H27NO. The molecule has 0 heterocycles. The number of rotatable bonds is 6. The normalized spacial score (nSPS) is 13.9. The van der Waals surface area contributed by atoms with Crippen molar-refractivity contribution in [3.63, 3.8) is 0 Å². The topological polar surface area (TPSA) is 23.5 Å². The first-order valence-corrected chi connectivity index (χ1v) is 6.88. The standard InChI is InChI=1S/C16H27NO/c1-6-13-8-10-14(11-9-13)15(18)12-17(5)16(3,4)7-2/h8-11,15,18H,6-7,12H2,1-5H3. The van der Waals surface area contributed by atoms with Crippen molar-refractivity contribution < 1.29 is 5.11 Å². The summed E-state index contributed by atoms with van der Waals surface area (Å²) in [4.78, 5) is 2.23. The first-order valence-electron chi connectivity index (χ1n) is 6.88. The van der Waals surface area contributed by atoms with Crippen molar-refractivity contribution in [2.75, 3.05) is 13.6 Å². The van der Waals surface area contributed by atoms with Crippen LogP contribution < -0.4 is 0 Å². The Balaban J connectivity index is 2.67. The van der Waals surface area contributed by atoms with Gasteiger partial charge in [-0.3, -0.25) is 4.90 Å². The molecule has 1 rings (SSSR count). The van der Waals surface area contributed by atoms with Crippen molar-refractivity contribution in [3.05, 3.63) is 35.4 Å². The Hall–Kier alpha value is -0.860. The Morgan fingerprint density at radius 3 is 2.17 bits per heavy atom. The third-order valence-corrected chi connectivity index (χ3v) is 4.12. The number of β-amino-alcohol motifs (C(OH)–C–C–N with tert-alkyl or cyclic N) is 1. The Morgan fingerprint density at radius 2 is 1.72 bits per heavy atom. The minimum Gasteiger partial charge on any atom is -0.387 e. The summed E-state index contributed by atoms with van der Waals surface area (Å²) >= 11 is 0. The van der Waals surface area contributed by atoms with Gasteiger partial charge in [0.15, 0.2) is 0 Å².